The summed E-state index contributed by atoms with van der Waals surface area (Å²) in [6, 6.07) is 3.87. The number of hydrogen-bond acceptors (Lipinski definition) is 9. The van der Waals surface area contributed by atoms with Gasteiger partial charge in [-0.3, -0.25) is 18.8 Å². The summed E-state index contributed by atoms with van der Waals surface area (Å²) in [6.07, 6.45) is 10.8. The van der Waals surface area contributed by atoms with Crippen LogP contribution in [-0.4, -0.2) is 93.5 Å². The van der Waals surface area contributed by atoms with E-state index in [0.29, 0.717) is 40.5 Å². The highest BCUT2D eigenvalue weighted by atomic mass is 32.1. The van der Waals surface area contributed by atoms with Crippen LogP contribution in [0.5, 0.6) is 17.4 Å². The fraction of sp³-hybridized carbons (Fsp3) is 0.632. The van der Waals surface area contributed by atoms with E-state index < -0.39 is 35.5 Å². The van der Waals surface area contributed by atoms with E-state index in [0.717, 1.165) is 36.6 Å². The Bertz CT molecular complexity index is 1600. The van der Waals surface area contributed by atoms with Crippen LogP contribution in [-0.2, 0) is 14.4 Å². The Morgan fingerprint density at radius 2 is 1.85 bits per heavy atom. The van der Waals surface area contributed by atoms with Crippen LogP contribution in [0.1, 0.15) is 95.3 Å². The van der Waals surface area contributed by atoms with Crippen molar-refractivity contribution in [3.05, 3.63) is 35.9 Å². The maximum atomic E-state index is 13.8. The largest absolute Gasteiger partial charge is 0.496 e. The van der Waals surface area contributed by atoms with Gasteiger partial charge in [0.25, 0.3) is 0 Å². The normalized spacial score (nSPS) is 26.5. The van der Waals surface area contributed by atoms with E-state index in [1.54, 1.807) is 13.2 Å². The van der Waals surface area contributed by atoms with E-state index in [1.165, 1.54) is 24.7 Å². The van der Waals surface area contributed by atoms with Crippen molar-refractivity contribution in [3.8, 4) is 17.4 Å². The van der Waals surface area contributed by atoms with Crippen LogP contribution in [0.2, 0.25) is 0 Å². The number of allylic oxidation sites excluding steroid dienone is 1. The minimum absolute atomic E-state index is 0. The molecule has 1 aromatic carbocycles. The lowest BCUT2D eigenvalue weighted by Crippen LogP contribution is -2.56. The summed E-state index contributed by atoms with van der Waals surface area (Å²) in [6.45, 7) is 9.29. The number of thiol groups is 1. The second-order valence-electron chi connectivity index (χ2n) is 14.5. The average Bonchev–Trinajstić information content (AvgIpc) is 3.92. The minimum Gasteiger partial charge on any atom is -0.496 e. The van der Waals surface area contributed by atoms with Gasteiger partial charge in [-0.2, -0.15) is 12.6 Å². The van der Waals surface area contributed by atoms with Crippen molar-refractivity contribution in [3.63, 3.8) is 0 Å². The third-order valence-electron chi connectivity index (χ3n) is 9.69. The van der Waals surface area contributed by atoms with Gasteiger partial charge in [-0.1, -0.05) is 31.9 Å². The van der Waals surface area contributed by atoms with Gasteiger partial charge in [0.2, 0.25) is 23.6 Å². The molecular formula is C38H66FN5O8S. The molecule has 4 aliphatic rings. The summed E-state index contributed by atoms with van der Waals surface area (Å²) >= 11 is 4.23. The van der Waals surface area contributed by atoms with Crippen LogP contribution in [0.25, 0.3) is 10.9 Å². The Morgan fingerprint density at radius 3 is 2.43 bits per heavy atom. The van der Waals surface area contributed by atoms with Gasteiger partial charge in [0.15, 0.2) is 0 Å². The number of carbonyl (C=O) groups excluding carboxylic acids is 3. The van der Waals surface area contributed by atoms with E-state index in [1.807, 2.05) is 45.1 Å². The van der Waals surface area contributed by atoms with Gasteiger partial charge in [0.1, 0.15) is 29.2 Å². The number of nitrogens with zero attached hydrogens (tertiary/aromatic N) is 2. The molecule has 3 amide bonds. The molecule has 53 heavy (non-hydrogen) atoms. The maximum Gasteiger partial charge on any atom is 0.243 e. The summed E-state index contributed by atoms with van der Waals surface area (Å²) in [4.78, 5) is 46.1. The predicted molar refractivity (Wildman–Crippen MR) is 214 cm³/mol. The number of benzene rings is 1. The molecule has 6 rings (SSSR count). The van der Waals surface area contributed by atoms with Crippen LogP contribution in [0, 0.1) is 12.8 Å². The molecule has 1 aromatic heterocycles. The first-order valence-electron chi connectivity index (χ1n) is 18.1. The maximum absolute atomic E-state index is 13.8. The van der Waals surface area contributed by atoms with Crippen molar-refractivity contribution in [2.45, 2.75) is 127 Å². The third-order valence-corrected chi connectivity index (χ3v) is 10.1. The number of pyridine rings is 1. The molecule has 3 heterocycles. The number of primary amides is 1. The standard InChI is InChI=1S/C32H43N5O6.C4H8S.C2H5F.2H2O.3H2/c1-18(2)42-27-15-26(22-12-13-25(41-4)19(3)28(22)35-27)43-21-14-24-29(38)36-32(31(34)40)16-20(32)10-8-6-5-7-9-11-23(33)30(39)37(24)17-21;1-4(5)2-3-4;1-2-3;;;;;/h8,10,12-13,15,18,20-21,23-24H,5-7,9,11,14,16-17,33H2,1-4H3,(H2,34,40)(H,36,38);5H,2-3H2,1H3;2H2,1H3;2*1H2;3*1H/b10-8-;;;;;;;/t20-,21-,23+,24+,32-;;;;;;;/m1......./s1. The van der Waals surface area contributed by atoms with Crippen molar-refractivity contribution in [2.24, 2.45) is 17.4 Å². The number of alkyl halides is 1. The molecule has 2 aliphatic heterocycles. The number of aryl methyl sites for hydroxylation is 1. The monoisotopic (exact) mass is 771 g/mol. The van der Waals surface area contributed by atoms with Crippen molar-refractivity contribution in [1.29, 1.82) is 0 Å². The SMILES string of the molecule is CC1(S)CC1.CCF.COc1ccc2c(O[C@@H]3C[C@H]4C(=O)N[C@]5(C(N)=O)C[C@H]5/C=C\CCCCC[C@H](N)C(=O)N4C3)cc(OC(C)C)nc2c1C.O.O.[HH].[HH].[HH]. The fourth-order valence-electron chi connectivity index (χ4n) is 6.43. The Hall–Kier alpha value is -3.66. The lowest BCUT2D eigenvalue weighted by molar-refractivity contribution is -0.140. The molecule has 5 atom stereocenters. The zero-order chi connectivity index (χ0) is 37.5. The zero-order valence-corrected chi connectivity index (χ0v) is 32.8. The number of carbonyl (C=O) groups is 3. The van der Waals surface area contributed by atoms with Gasteiger partial charge in [0.05, 0.1) is 38.0 Å². The molecular weight excluding hydrogens is 706 g/mol. The summed E-state index contributed by atoms with van der Waals surface area (Å²) in [5.74, 6) is 0.135. The lowest BCUT2D eigenvalue weighted by Gasteiger charge is -2.28. The zero-order valence-electron chi connectivity index (χ0n) is 31.9. The third kappa shape index (κ3) is 11.7. The van der Waals surface area contributed by atoms with Gasteiger partial charge in [-0.25, -0.2) is 4.98 Å². The first-order valence-corrected chi connectivity index (χ1v) is 18.6. The van der Waals surface area contributed by atoms with Gasteiger partial charge in [-0.15, -0.1) is 0 Å². The van der Waals surface area contributed by atoms with Crippen molar-refractivity contribution < 1.29 is 48.2 Å². The van der Waals surface area contributed by atoms with E-state index in [-0.39, 0.29) is 52.8 Å². The number of methoxy groups -OCH3 is 1. The quantitative estimate of drug-likeness (QED) is 0.242. The number of fused-ring (bicyclic) bond motifs is 3. The van der Waals surface area contributed by atoms with E-state index in [4.69, 9.17) is 30.7 Å². The molecule has 15 heteroatoms. The van der Waals surface area contributed by atoms with E-state index in [9.17, 15) is 18.8 Å². The van der Waals surface area contributed by atoms with Crippen molar-refractivity contribution in [2.75, 3.05) is 20.3 Å². The molecule has 0 spiro atoms. The molecule has 2 aliphatic carbocycles. The number of amides is 3. The number of aromatic nitrogens is 1. The van der Waals surface area contributed by atoms with Crippen LogP contribution in [0.3, 0.4) is 0 Å². The van der Waals surface area contributed by atoms with Crippen LogP contribution < -0.4 is 31.0 Å². The van der Waals surface area contributed by atoms with Gasteiger partial charge in [-0.05, 0) is 78.4 Å². The van der Waals surface area contributed by atoms with Gasteiger partial charge in [0, 0.05) is 38.4 Å². The minimum atomic E-state index is -1.15. The molecule has 1 saturated heterocycles. The number of hydrogen-bond donors (Lipinski definition) is 4. The highest BCUT2D eigenvalue weighted by molar-refractivity contribution is 7.82. The van der Waals surface area contributed by atoms with Crippen LogP contribution in [0.15, 0.2) is 30.4 Å². The summed E-state index contributed by atoms with van der Waals surface area (Å²) in [5, 5.41) is 3.67. The van der Waals surface area contributed by atoms with Gasteiger partial charge < -0.3 is 46.8 Å². The number of nitrogens with two attached hydrogens (primary N) is 2. The van der Waals surface area contributed by atoms with Crippen LogP contribution >= 0.6 is 12.6 Å². The first-order chi connectivity index (χ1) is 24.2. The number of rotatable bonds is 6. The Kier molecular flexibility index (Phi) is 16.8. The van der Waals surface area contributed by atoms with Gasteiger partial charge >= 0.3 is 0 Å². The smallest absolute Gasteiger partial charge is 0.243 e. The summed E-state index contributed by atoms with van der Waals surface area (Å²) in [5.41, 5.74) is 12.5. The van der Waals surface area contributed by atoms with E-state index >= 15 is 0 Å². The van der Waals surface area contributed by atoms with Crippen molar-refractivity contribution >= 4 is 41.3 Å². The molecule has 13 nitrogen and oxygen atoms in total. The Balaban J connectivity index is 0. The highest BCUT2D eigenvalue weighted by Gasteiger charge is 2.60. The molecule has 0 unspecified atom stereocenters. The van der Waals surface area contributed by atoms with E-state index in [2.05, 4.69) is 24.9 Å². The molecule has 304 valence electrons. The fourth-order valence-corrected chi connectivity index (χ4v) is 6.54. The molecule has 0 bridgehead atoms. The topological polar surface area (TPSA) is 222 Å². The Labute approximate surface area is 322 Å². The second kappa shape index (κ2) is 19.6. The molecule has 2 aromatic rings. The first kappa shape index (κ1) is 45.5. The van der Waals surface area contributed by atoms with Crippen LogP contribution in [0.4, 0.5) is 4.39 Å². The molecule has 3 fully saturated rings. The average molecular weight is 772 g/mol. The van der Waals surface area contributed by atoms with Crippen molar-refractivity contribution in [1.82, 2.24) is 15.2 Å². The predicted octanol–water partition coefficient (Wildman–Crippen LogP) is 4.43. The molecule has 0 radical (unpaired) electrons. The highest BCUT2D eigenvalue weighted by Crippen LogP contribution is 2.45. The summed E-state index contributed by atoms with van der Waals surface area (Å²) in [7, 11) is 1.61. The number of halogens is 1. The number of ether oxygens (including phenoxy) is 3. The Morgan fingerprint density at radius 1 is 1.19 bits per heavy atom. The second-order valence-corrected chi connectivity index (χ2v) is 15.5. The lowest BCUT2D eigenvalue weighted by atomic mass is 10.1. The summed E-state index contributed by atoms with van der Waals surface area (Å²) < 4.78 is 28.7. The number of nitrogens with one attached hydrogen (secondary N) is 1. The molecule has 9 N–H and O–H groups in total. The molecule has 2 saturated carbocycles.